The number of non-ortho nitro benzene ring substituents is 1. The van der Waals surface area contributed by atoms with Crippen LogP contribution in [0.3, 0.4) is 0 Å². The van der Waals surface area contributed by atoms with Gasteiger partial charge in [0, 0.05) is 34.8 Å². The molecule has 25 heavy (non-hydrogen) atoms. The van der Waals surface area contributed by atoms with Crippen molar-refractivity contribution in [3.63, 3.8) is 0 Å². The molecule has 2 heterocycles. The molecule has 0 saturated carbocycles. The SMILES string of the molecule is C[C@]12C[C@H](NC(=O)N1c1ccc(Cl)cc1)c1cc([N+](=O)[O-])ccc1O2. The number of ether oxygens (including phenoxy) is 1. The highest BCUT2D eigenvalue weighted by Crippen LogP contribution is 2.46. The lowest BCUT2D eigenvalue weighted by Crippen LogP contribution is -2.65. The summed E-state index contributed by atoms with van der Waals surface area (Å²) >= 11 is 5.93. The summed E-state index contributed by atoms with van der Waals surface area (Å²) in [7, 11) is 0. The summed E-state index contributed by atoms with van der Waals surface area (Å²) in [6.07, 6.45) is 0.468. The molecule has 2 bridgehead atoms. The molecule has 7 nitrogen and oxygen atoms in total. The summed E-state index contributed by atoms with van der Waals surface area (Å²) in [5.41, 5.74) is 0.355. The molecule has 0 unspecified atom stereocenters. The van der Waals surface area contributed by atoms with E-state index in [9.17, 15) is 14.9 Å². The van der Waals surface area contributed by atoms with E-state index in [1.54, 1.807) is 35.2 Å². The van der Waals surface area contributed by atoms with Crippen LogP contribution in [0.2, 0.25) is 5.02 Å². The highest BCUT2D eigenvalue weighted by molar-refractivity contribution is 6.30. The number of fused-ring (bicyclic) bond motifs is 4. The van der Waals surface area contributed by atoms with Gasteiger partial charge in [-0.2, -0.15) is 0 Å². The molecule has 8 heteroatoms. The normalized spacial score (nSPS) is 24.2. The van der Waals surface area contributed by atoms with Crippen LogP contribution in [0.5, 0.6) is 5.75 Å². The molecule has 0 spiro atoms. The maximum absolute atomic E-state index is 12.7. The second-order valence-electron chi connectivity index (χ2n) is 6.27. The molecule has 4 rings (SSSR count). The summed E-state index contributed by atoms with van der Waals surface area (Å²) < 4.78 is 6.10. The third kappa shape index (κ3) is 2.47. The van der Waals surface area contributed by atoms with E-state index in [-0.39, 0.29) is 17.8 Å². The fraction of sp³-hybridized carbons (Fsp3) is 0.235. The highest BCUT2D eigenvalue weighted by atomic mass is 35.5. The first-order valence-electron chi connectivity index (χ1n) is 7.71. The number of rotatable bonds is 2. The minimum atomic E-state index is -0.899. The summed E-state index contributed by atoms with van der Waals surface area (Å²) in [4.78, 5) is 24.8. The quantitative estimate of drug-likeness (QED) is 0.648. The first-order chi connectivity index (χ1) is 11.9. The van der Waals surface area contributed by atoms with Gasteiger partial charge in [-0.3, -0.25) is 15.0 Å². The second kappa shape index (κ2) is 5.35. The molecule has 128 valence electrons. The summed E-state index contributed by atoms with van der Waals surface area (Å²) in [5.74, 6) is 0.531. The molecule has 1 saturated heterocycles. The zero-order chi connectivity index (χ0) is 17.8. The van der Waals surface area contributed by atoms with Crippen molar-refractivity contribution in [1.82, 2.24) is 5.32 Å². The molecule has 2 aliphatic heterocycles. The van der Waals surface area contributed by atoms with Gasteiger partial charge in [0.15, 0.2) is 5.72 Å². The van der Waals surface area contributed by atoms with Crippen molar-refractivity contribution in [3.05, 3.63) is 63.2 Å². The Morgan fingerprint density at radius 1 is 1.32 bits per heavy atom. The van der Waals surface area contributed by atoms with E-state index >= 15 is 0 Å². The van der Waals surface area contributed by atoms with Crippen LogP contribution < -0.4 is 15.0 Å². The van der Waals surface area contributed by atoms with E-state index in [2.05, 4.69) is 5.32 Å². The minimum Gasteiger partial charge on any atom is -0.467 e. The van der Waals surface area contributed by atoms with E-state index in [0.717, 1.165) is 0 Å². The predicted octanol–water partition coefficient (Wildman–Crippen LogP) is 4.02. The van der Waals surface area contributed by atoms with E-state index in [0.29, 0.717) is 28.4 Å². The number of halogens is 1. The van der Waals surface area contributed by atoms with Crippen molar-refractivity contribution in [3.8, 4) is 5.75 Å². The number of amides is 2. The zero-order valence-corrected chi connectivity index (χ0v) is 14.0. The number of nitrogens with one attached hydrogen (secondary N) is 1. The molecule has 2 amide bonds. The van der Waals surface area contributed by atoms with Crippen LogP contribution >= 0.6 is 11.6 Å². The minimum absolute atomic E-state index is 0.0275. The van der Waals surface area contributed by atoms with Crippen LogP contribution in [-0.2, 0) is 0 Å². The van der Waals surface area contributed by atoms with Crippen LogP contribution in [0.4, 0.5) is 16.2 Å². The highest BCUT2D eigenvalue weighted by Gasteiger charge is 2.50. The number of hydrogen-bond donors (Lipinski definition) is 1. The lowest BCUT2D eigenvalue weighted by atomic mass is 9.90. The van der Waals surface area contributed by atoms with Crippen molar-refractivity contribution >= 4 is 29.0 Å². The number of carbonyl (C=O) groups excluding carboxylic acids is 1. The van der Waals surface area contributed by atoms with Crippen LogP contribution in [0.25, 0.3) is 0 Å². The number of urea groups is 1. The Kier molecular flexibility index (Phi) is 3.36. The Labute approximate surface area is 148 Å². The van der Waals surface area contributed by atoms with E-state index < -0.39 is 10.6 Å². The number of benzene rings is 2. The van der Waals surface area contributed by atoms with Crippen molar-refractivity contribution in [2.24, 2.45) is 0 Å². The monoisotopic (exact) mass is 359 g/mol. The van der Waals surface area contributed by atoms with Gasteiger partial charge in [-0.1, -0.05) is 11.6 Å². The summed E-state index contributed by atoms with van der Waals surface area (Å²) in [5, 5.41) is 14.5. The maximum atomic E-state index is 12.7. The molecule has 1 fully saturated rings. The van der Waals surface area contributed by atoms with Gasteiger partial charge < -0.3 is 10.1 Å². The first kappa shape index (κ1) is 15.7. The number of nitro benzene ring substituents is 1. The molecule has 0 aliphatic carbocycles. The zero-order valence-electron chi connectivity index (χ0n) is 13.2. The Balaban J connectivity index is 1.77. The second-order valence-corrected chi connectivity index (χ2v) is 6.71. The van der Waals surface area contributed by atoms with Gasteiger partial charge in [0.2, 0.25) is 0 Å². The average molecular weight is 360 g/mol. The topological polar surface area (TPSA) is 84.7 Å². The fourth-order valence-corrected chi connectivity index (χ4v) is 3.58. The van der Waals surface area contributed by atoms with Gasteiger partial charge in [0.1, 0.15) is 5.75 Å². The van der Waals surface area contributed by atoms with Gasteiger partial charge in [0.05, 0.1) is 11.0 Å². The smallest absolute Gasteiger partial charge is 0.325 e. The van der Waals surface area contributed by atoms with Crippen LogP contribution in [0, 0.1) is 10.1 Å². The molecule has 2 aromatic carbocycles. The third-order valence-corrected chi connectivity index (χ3v) is 4.80. The number of anilines is 1. The van der Waals surface area contributed by atoms with Crippen molar-refractivity contribution in [1.29, 1.82) is 0 Å². The molecule has 0 aromatic heterocycles. The van der Waals surface area contributed by atoms with Crippen LogP contribution in [0.1, 0.15) is 24.9 Å². The van der Waals surface area contributed by atoms with E-state index in [1.165, 1.54) is 12.1 Å². The number of hydrogen-bond acceptors (Lipinski definition) is 4. The maximum Gasteiger partial charge on any atom is 0.325 e. The Hall–Kier alpha value is -2.80. The van der Waals surface area contributed by atoms with Gasteiger partial charge >= 0.3 is 6.03 Å². The predicted molar refractivity (Wildman–Crippen MR) is 92.0 cm³/mol. The van der Waals surface area contributed by atoms with Gasteiger partial charge in [-0.05, 0) is 37.3 Å². The third-order valence-electron chi connectivity index (χ3n) is 4.55. The molecular weight excluding hydrogens is 346 g/mol. The summed E-state index contributed by atoms with van der Waals surface area (Å²) in [6.45, 7) is 1.83. The van der Waals surface area contributed by atoms with Gasteiger partial charge in [0.25, 0.3) is 5.69 Å². The number of nitro groups is 1. The van der Waals surface area contributed by atoms with Gasteiger partial charge in [-0.25, -0.2) is 4.79 Å². The Morgan fingerprint density at radius 3 is 2.72 bits per heavy atom. The van der Waals surface area contributed by atoms with Crippen molar-refractivity contribution < 1.29 is 14.5 Å². The van der Waals surface area contributed by atoms with Gasteiger partial charge in [-0.15, -0.1) is 0 Å². The van der Waals surface area contributed by atoms with E-state index in [1.807, 2.05) is 6.92 Å². The van der Waals surface area contributed by atoms with Crippen molar-refractivity contribution in [2.45, 2.75) is 25.1 Å². The molecular formula is C17H14ClN3O4. The molecule has 0 radical (unpaired) electrons. The molecule has 2 atom stereocenters. The molecule has 1 N–H and O–H groups in total. The van der Waals surface area contributed by atoms with Crippen molar-refractivity contribution in [2.75, 3.05) is 4.90 Å². The molecule has 2 aliphatic rings. The van der Waals surface area contributed by atoms with Crippen LogP contribution in [-0.4, -0.2) is 16.7 Å². The molecule has 2 aromatic rings. The standard InChI is InChI=1S/C17H14ClN3O4/c1-17-9-14(13-8-12(21(23)24)6-7-15(13)25-17)19-16(22)20(17)11-4-2-10(18)3-5-11/h2-8,14H,9H2,1H3,(H,19,22)/t14-,17-/m0/s1. The Bertz CT molecular complexity index is 886. The lowest BCUT2D eigenvalue weighted by Gasteiger charge is -2.50. The average Bonchev–Trinajstić information content (AvgIpc) is 2.55. The number of carbonyl (C=O) groups is 1. The summed E-state index contributed by atoms with van der Waals surface area (Å²) in [6, 6.07) is 10.7. The number of nitrogens with zero attached hydrogens (tertiary/aromatic N) is 2. The van der Waals surface area contributed by atoms with E-state index in [4.69, 9.17) is 16.3 Å². The lowest BCUT2D eigenvalue weighted by molar-refractivity contribution is -0.385. The fourth-order valence-electron chi connectivity index (χ4n) is 3.46. The van der Waals surface area contributed by atoms with Crippen LogP contribution in [0.15, 0.2) is 42.5 Å². The largest absolute Gasteiger partial charge is 0.467 e. The first-order valence-corrected chi connectivity index (χ1v) is 8.09. The Morgan fingerprint density at radius 2 is 2.04 bits per heavy atom.